The topological polar surface area (TPSA) is 87.7 Å². The van der Waals surface area contributed by atoms with Crippen LogP contribution in [0.1, 0.15) is 40.2 Å². The molecule has 1 aromatic rings. The summed E-state index contributed by atoms with van der Waals surface area (Å²) in [7, 11) is 0. The molecule has 3 rings (SSSR count). The Kier molecular flexibility index (Phi) is 10.2. The lowest BCUT2D eigenvalue weighted by Gasteiger charge is -2.18. The van der Waals surface area contributed by atoms with Crippen LogP contribution in [-0.2, 0) is 4.79 Å². The highest BCUT2D eigenvalue weighted by Crippen LogP contribution is 2.43. The van der Waals surface area contributed by atoms with E-state index in [2.05, 4.69) is 6.58 Å². The molecule has 1 heterocycles. The van der Waals surface area contributed by atoms with Gasteiger partial charge in [0.15, 0.2) is 0 Å². The fourth-order valence-corrected chi connectivity index (χ4v) is 3.34. The molecule has 5 nitrogen and oxygen atoms in total. The van der Waals surface area contributed by atoms with Crippen molar-refractivity contribution in [1.29, 1.82) is 0 Å². The van der Waals surface area contributed by atoms with Crippen molar-refractivity contribution in [3.05, 3.63) is 80.5 Å². The van der Waals surface area contributed by atoms with Gasteiger partial charge in [0.2, 0.25) is 5.43 Å². The van der Waals surface area contributed by atoms with Crippen LogP contribution in [0.2, 0.25) is 10.0 Å². The van der Waals surface area contributed by atoms with Crippen LogP contribution in [0.4, 0.5) is 0 Å². The zero-order valence-electron chi connectivity index (χ0n) is 18.6. The number of allylic oxidation sites excluding steroid dienone is 3. The summed E-state index contributed by atoms with van der Waals surface area (Å²) in [5, 5.41) is 20.1. The van der Waals surface area contributed by atoms with Crippen molar-refractivity contribution in [3.63, 3.8) is 0 Å². The molecule has 0 unspecified atom stereocenters. The maximum Gasteiger partial charge on any atom is 0.335 e. The average molecular weight is 477 g/mol. The van der Waals surface area contributed by atoms with Crippen LogP contribution in [0.25, 0.3) is 27.9 Å². The number of rotatable bonds is 4. The monoisotopic (exact) mass is 476 g/mol. The molecule has 0 bridgehead atoms. The van der Waals surface area contributed by atoms with Gasteiger partial charge in [0.25, 0.3) is 0 Å². The molecular formula is C25H26Cl2O5. The first-order valence-corrected chi connectivity index (χ1v) is 10.9. The molecule has 0 saturated heterocycles. The Labute approximate surface area is 197 Å². The van der Waals surface area contributed by atoms with Gasteiger partial charge in [0.1, 0.15) is 17.1 Å². The molecule has 0 aromatic heterocycles. The van der Waals surface area contributed by atoms with Crippen LogP contribution in [0.3, 0.4) is 0 Å². The van der Waals surface area contributed by atoms with Crippen LogP contribution >= 0.6 is 23.2 Å². The number of halogens is 2. The zero-order chi connectivity index (χ0) is 24.6. The summed E-state index contributed by atoms with van der Waals surface area (Å²) in [6.45, 7) is 13.3. The van der Waals surface area contributed by atoms with Gasteiger partial charge in [-0.2, -0.15) is 0 Å². The van der Waals surface area contributed by atoms with Gasteiger partial charge in [-0.1, -0.05) is 75.7 Å². The Balaban J connectivity index is 0.00000121. The smallest absolute Gasteiger partial charge is 0.335 e. The lowest BCUT2D eigenvalue weighted by atomic mass is 9.89. The molecule has 1 aliphatic carbocycles. The van der Waals surface area contributed by atoms with Gasteiger partial charge in [0, 0.05) is 28.6 Å². The Morgan fingerprint density at radius 2 is 1.69 bits per heavy atom. The molecule has 2 N–H and O–H groups in total. The summed E-state index contributed by atoms with van der Waals surface area (Å²) in [5.74, 6) is -1.16. The normalized spacial score (nSPS) is 11.3. The van der Waals surface area contributed by atoms with Crippen LogP contribution in [0, 0.1) is 0 Å². The fourth-order valence-electron chi connectivity index (χ4n) is 3.01. The Hall–Kier alpha value is -3.02. The summed E-state index contributed by atoms with van der Waals surface area (Å²) in [6, 6.07) is 5.41. The van der Waals surface area contributed by atoms with Crippen molar-refractivity contribution in [2.24, 2.45) is 0 Å². The van der Waals surface area contributed by atoms with Gasteiger partial charge in [-0.15, -0.1) is 0 Å². The minimum absolute atomic E-state index is 0.0141. The van der Waals surface area contributed by atoms with Crippen molar-refractivity contribution >= 4 is 45.7 Å². The van der Waals surface area contributed by atoms with E-state index in [-0.39, 0.29) is 32.7 Å². The first-order valence-electron chi connectivity index (χ1n) is 10.1. The zero-order valence-corrected chi connectivity index (χ0v) is 20.1. The third kappa shape index (κ3) is 5.42. The number of aliphatic carboxylic acids is 1. The van der Waals surface area contributed by atoms with Crippen LogP contribution < -0.4 is 5.43 Å². The number of carboxylic acid groups (broad SMARTS) is 1. The standard InChI is InChI=1S/C21H14Cl2O5.2C2H6/c1-3-5-11(10(4-2)21(26)27)20-12-6-14(22)16(24)8-18(12)28-19-9-17(25)15(23)7-13(19)20;2*1-2/h3-9,24H,1H2,2H3,(H,26,27);2*1-2H3/b10-4+,11-5+;;. The van der Waals surface area contributed by atoms with Gasteiger partial charge in [-0.25, -0.2) is 4.79 Å². The molecule has 32 heavy (non-hydrogen) atoms. The highest BCUT2D eigenvalue weighted by molar-refractivity contribution is 6.33. The number of hydrogen-bond acceptors (Lipinski definition) is 4. The second kappa shape index (κ2) is 12.1. The predicted octanol–water partition coefficient (Wildman–Crippen LogP) is 7.56. The van der Waals surface area contributed by atoms with Crippen LogP contribution in [0.15, 0.2) is 63.9 Å². The summed E-state index contributed by atoms with van der Waals surface area (Å²) in [5.41, 5.74) is 0.984. The van der Waals surface area contributed by atoms with Gasteiger partial charge in [0.05, 0.1) is 15.6 Å². The second-order valence-electron chi connectivity index (χ2n) is 5.88. The number of phenols is 1. The number of benzene rings is 2. The summed E-state index contributed by atoms with van der Waals surface area (Å²) < 4.78 is 5.76. The highest BCUT2D eigenvalue weighted by Gasteiger charge is 2.24. The minimum atomic E-state index is -1.14. The number of carbonyl (C=O) groups is 1. The van der Waals surface area contributed by atoms with E-state index in [0.29, 0.717) is 22.1 Å². The van der Waals surface area contributed by atoms with E-state index in [4.69, 9.17) is 27.6 Å². The molecule has 0 radical (unpaired) electrons. The van der Waals surface area contributed by atoms with Gasteiger partial charge in [-0.3, -0.25) is 4.79 Å². The van der Waals surface area contributed by atoms with Crippen molar-refractivity contribution < 1.29 is 19.4 Å². The van der Waals surface area contributed by atoms with E-state index in [1.165, 1.54) is 42.5 Å². The van der Waals surface area contributed by atoms with Crippen LogP contribution in [0.5, 0.6) is 5.75 Å². The maximum atomic E-state index is 12.0. The van der Waals surface area contributed by atoms with Crippen molar-refractivity contribution in [2.75, 3.05) is 0 Å². The van der Waals surface area contributed by atoms with E-state index in [1.54, 1.807) is 6.92 Å². The number of aromatic hydroxyl groups is 1. The Morgan fingerprint density at radius 1 is 1.06 bits per heavy atom. The molecule has 1 aliphatic heterocycles. The van der Waals surface area contributed by atoms with E-state index in [1.807, 2.05) is 27.7 Å². The summed E-state index contributed by atoms with van der Waals surface area (Å²) >= 11 is 12.1. The third-order valence-electron chi connectivity index (χ3n) is 4.20. The van der Waals surface area contributed by atoms with Crippen molar-refractivity contribution in [2.45, 2.75) is 34.6 Å². The van der Waals surface area contributed by atoms with Gasteiger partial charge in [-0.05, 0) is 24.6 Å². The summed E-state index contributed by atoms with van der Waals surface area (Å²) in [4.78, 5) is 23.8. The largest absolute Gasteiger partial charge is 0.506 e. The molecule has 2 aliphatic rings. The Bertz CT molecular complexity index is 1220. The highest BCUT2D eigenvalue weighted by atomic mass is 35.5. The molecule has 7 heteroatoms. The molecule has 1 aromatic carbocycles. The lowest BCUT2D eigenvalue weighted by Crippen LogP contribution is -2.07. The number of phenolic OH excluding ortho intramolecular Hbond substituents is 1. The molecule has 0 fully saturated rings. The third-order valence-corrected chi connectivity index (χ3v) is 4.80. The van der Waals surface area contributed by atoms with Crippen molar-refractivity contribution in [3.8, 4) is 17.1 Å². The quantitative estimate of drug-likeness (QED) is 0.230. The molecule has 0 amide bonds. The predicted molar refractivity (Wildman–Crippen MR) is 133 cm³/mol. The van der Waals surface area contributed by atoms with Gasteiger partial charge >= 0.3 is 5.97 Å². The van der Waals surface area contributed by atoms with E-state index >= 15 is 0 Å². The average Bonchev–Trinajstić information content (AvgIpc) is 2.77. The van der Waals surface area contributed by atoms with Crippen LogP contribution in [-0.4, -0.2) is 16.2 Å². The number of hydrogen-bond donors (Lipinski definition) is 2. The van der Waals surface area contributed by atoms with Crippen molar-refractivity contribution in [1.82, 2.24) is 0 Å². The van der Waals surface area contributed by atoms with Gasteiger partial charge < -0.3 is 14.6 Å². The molecular weight excluding hydrogens is 451 g/mol. The number of fused-ring (bicyclic) bond motifs is 2. The fraction of sp³-hybridized carbons (Fsp3) is 0.200. The first kappa shape index (κ1) is 27.0. The molecule has 170 valence electrons. The Morgan fingerprint density at radius 3 is 2.22 bits per heavy atom. The molecule has 0 atom stereocenters. The van der Waals surface area contributed by atoms with E-state index < -0.39 is 11.4 Å². The lowest BCUT2D eigenvalue weighted by molar-refractivity contribution is -0.132. The summed E-state index contributed by atoms with van der Waals surface area (Å²) in [6.07, 6.45) is 4.44. The molecule has 0 saturated carbocycles. The van der Waals surface area contributed by atoms with E-state index in [0.717, 1.165) is 0 Å². The molecule has 0 spiro atoms. The number of carboxylic acids is 1. The van der Waals surface area contributed by atoms with E-state index in [9.17, 15) is 19.8 Å². The second-order valence-corrected chi connectivity index (χ2v) is 6.69. The SMILES string of the molecule is C=C/C=C(\C(=C/C)C(=O)O)c1c2cc(Cl)c(=O)cc-2oc2cc(O)c(Cl)cc12.CC.CC. The minimum Gasteiger partial charge on any atom is -0.506 e. The first-order chi connectivity index (χ1) is 15.3. The maximum absolute atomic E-state index is 12.0.